The second-order valence-corrected chi connectivity index (χ2v) is 6.67. The number of carbonyl (C=O) groups excluding carboxylic acids is 1. The Kier molecular flexibility index (Phi) is 9.16. The van der Waals surface area contributed by atoms with Crippen molar-refractivity contribution in [2.24, 2.45) is 0 Å². The maximum Gasteiger partial charge on any atom is 0.308 e. The zero-order valence-electron chi connectivity index (χ0n) is 14.4. The number of anilines is 1. The fraction of sp³-hybridized carbons (Fsp3) is 0.312. The quantitative estimate of drug-likeness (QED) is 0.375. The largest absolute Gasteiger partial charge is 0.444 e. The van der Waals surface area contributed by atoms with Gasteiger partial charge in [0, 0.05) is 11.6 Å². The zero-order chi connectivity index (χ0) is 19.3. The normalized spacial score (nSPS) is 10.3. The molecular formula is C16H16Cl4N4O3. The van der Waals surface area contributed by atoms with Crippen molar-refractivity contribution in [3.8, 4) is 17.5 Å². The molecule has 0 fully saturated rings. The van der Waals surface area contributed by atoms with Crippen molar-refractivity contribution in [2.75, 3.05) is 32.7 Å². The van der Waals surface area contributed by atoms with E-state index in [4.69, 9.17) is 44.0 Å². The third-order valence-electron chi connectivity index (χ3n) is 3.19. The molecule has 0 aliphatic heterocycles. The van der Waals surface area contributed by atoms with Crippen molar-refractivity contribution in [3.63, 3.8) is 0 Å². The first-order chi connectivity index (χ1) is 12.3. The van der Waals surface area contributed by atoms with Crippen LogP contribution in [0, 0.1) is 11.3 Å². The molecule has 1 aromatic heterocycles. The van der Waals surface area contributed by atoms with Gasteiger partial charge in [0.1, 0.15) is 6.07 Å². The number of nitriles is 1. The van der Waals surface area contributed by atoms with Gasteiger partial charge in [0.25, 0.3) is 0 Å². The van der Waals surface area contributed by atoms with Crippen molar-refractivity contribution >= 4 is 59.1 Å². The molecule has 0 saturated carbocycles. The molecule has 0 aliphatic rings. The van der Waals surface area contributed by atoms with Gasteiger partial charge in [-0.25, -0.2) is 0 Å². The summed E-state index contributed by atoms with van der Waals surface area (Å²) in [6, 6.07) is 4.89. The number of rotatable bonds is 7. The van der Waals surface area contributed by atoms with Gasteiger partial charge in [-0.3, -0.25) is 4.79 Å². The van der Waals surface area contributed by atoms with E-state index in [2.05, 4.69) is 10.3 Å². The molecule has 0 saturated heterocycles. The number of halogens is 4. The first-order valence-electron chi connectivity index (χ1n) is 7.42. The van der Waals surface area contributed by atoms with Crippen LogP contribution >= 0.6 is 47.2 Å². The summed E-state index contributed by atoms with van der Waals surface area (Å²) in [6.45, 7) is 0.405. The van der Waals surface area contributed by atoms with Crippen molar-refractivity contribution in [1.82, 2.24) is 9.88 Å². The van der Waals surface area contributed by atoms with Gasteiger partial charge in [0.15, 0.2) is 6.73 Å². The van der Waals surface area contributed by atoms with Crippen LogP contribution in [0.2, 0.25) is 15.1 Å². The molecular weight excluding hydrogens is 438 g/mol. The molecule has 2 aromatic rings. The molecule has 11 heteroatoms. The lowest BCUT2D eigenvalue weighted by Crippen LogP contribution is -2.19. The average molecular weight is 454 g/mol. The van der Waals surface area contributed by atoms with Gasteiger partial charge in [0.05, 0.1) is 22.0 Å². The number of hydrogen-bond acceptors (Lipinski definition) is 7. The van der Waals surface area contributed by atoms with Crippen molar-refractivity contribution in [3.05, 3.63) is 32.9 Å². The highest BCUT2D eigenvalue weighted by atomic mass is 35.5. The third-order valence-corrected chi connectivity index (χ3v) is 4.21. The highest BCUT2D eigenvalue weighted by Gasteiger charge is 2.19. The molecule has 0 amide bonds. The van der Waals surface area contributed by atoms with E-state index in [9.17, 15) is 10.1 Å². The van der Waals surface area contributed by atoms with E-state index in [1.807, 2.05) is 25.1 Å². The monoisotopic (exact) mass is 452 g/mol. The highest BCUT2D eigenvalue weighted by Crippen LogP contribution is 2.37. The van der Waals surface area contributed by atoms with Gasteiger partial charge in [-0.2, -0.15) is 10.2 Å². The van der Waals surface area contributed by atoms with Crippen LogP contribution in [0.4, 0.5) is 5.88 Å². The fourth-order valence-corrected chi connectivity index (χ4v) is 2.60. The molecule has 1 heterocycles. The first kappa shape index (κ1) is 23.3. The number of aromatic nitrogens is 1. The number of oxazole rings is 1. The standard InChI is InChI=1S/C16H15Cl3N4O3.ClH/c1-23(2)4-3-13(24)25-8-21-16-12(7-20)22-15(26-16)10-5-9(17)6-11(18)14(10)19;/h5-6,21H,3-4,8H2,1-2H3;1H. The predicted molar refractivity (Wildman–Crippen MR) is 107 cm³/mol. The second kappa shape index (κ2) is 10.6. The molecule has 0 atom stereocenters. The van der Waals surface area contributed by atoms with Gasteiger partial charge in [-0.15, -0.1) is 12.4 Å². The van der Waals surface area contributed by atoms with Crippen LogP contribution in [-0.4, -0.2) is 43.2 Å². The third kappa shape index (κ3) is 6.45. The number of carbonyl (C=O) groups is 1. The lowest BCUT2D eigenvalue weighted by molar-refractivity contribution is -0.143. The minimum absolute atomic E-state index is 0. The summed E-state index contributed by atoms with van der Waals surface area (Å²) in [6.07, 6.45) is 0.248. The van der Waals surface area contributed by atoms with E-state index in [1.54, 1.807) is 0 Å². The lowest BCUT2D eigenvalue weighted by Gasteiger charge is -2.09. The summed E-state index contributed by atoms with van der Waals surface area (Å²) in [5.41, 5.74) is 0.327. The van der Waals surface area contributed by atoms with Crippen LogP contribution in [0.5, 0.6) is 0 Å². The van der Waals surface area contributed by atoms with Crippen molar-refractivity contribution in [2.45, 2.75) is 6.42 Å². The van der Waals surface area contributed by atoms with E-state index in [1.165, 1.54) is 12.1 Å². The molecule has 1 N–H and O–H groups in total. The van der Waals surface area contributed by atoms with Crippen LogP contribution in [-0.2, 0) is 9.53 Å². The Morgan fingerprint density at radius 3 is 2.70 bits per heavy atom. The van der Waals surface area contributed by atoms with E-state index in [-0.39, 0.29) is 59.0 Å². The number of hydrogen-bond donors (Lipinski definition) is 1. The Morgan fingerprint density at radius 1 is 1.37 bits per heavy atom. The fourth-order valence-electron chi connectivity index (χ4n) is 1.91. The van der Waals surface area contributed by atoms with Gasteiger partial charge in [-0.1, -0.05) is 34.8 Å². The van der Waals surface area contributed by atoms with E-state index in [0.717, 1.165) is 0 Å². The van der Waals surface area contributed by atoms with Crippen molar-refractivity contribution in [1.29, 1.82) is 5.26 Å². The first-order valence-corrected chi connectivity index (χ1v) is 8.55. The summed E-state index contributed by atoms with van der Waals surface area (Å²) >= 11 is 18.1. The van der Waals surface area contributed by atoms with Crippen LogP contribution in [0.15, 0.2) is 16.5 Å². The Hall–Kier alpha value is -1.69. The maximum atomic E-state index is 11.6. The molecule has 0 aliphatic carbocycles. The minimum atomic E-state index is -0.380. The summed E-state index contributed by atoms with van der Waals surface area (Å²) < 4.78 is 10.5. The van der Waals surface area contributed by atoms with Crippen LogP contribution < -0.4 is 5.32 Å². The molecule has 146 valence electrons. The summed E-state index contributed by atoms with van der Waals surface area (Å²) in [4.78, 5) is 17.5. The van der Waals surface area contributed by atoms with Gasteiger partial charge >= 0.3 is 5.97 Å². The number of benzene rings is 1. The summed E-state index contributed by atoms with van der Waals surface area (Å²) in [5.74, 6) is -0.262. The Bertz CT molecular complexity index is 849. The molecule has 2 rings (SSSR count). The average Bonchev–Trinajstić information content (AvgIpc) is 2.99. The van der Waals surface area contributed by atoms with Gasteiger partial charge in [0.2, 0.25) is 17.5 Å². The highest BCUT2D eigenvalue weighted by molar-refractivity contribution is 6.44. The topological polar surface area (TPSA) is 91.4 Å². The second-order valence-electron chi connectivity index (χ2n) is 5.45. The molecule has 0 radical (unpaired) electrons. The van der Waals surface area contributed by atoms with Crippen molar-refractivity contribution < 1.29 is 13.9 Å². The number of nitrogens with zero attached hydrogens (tertiary/aromatic N) is 3. The van der Waals surface area contributed by atoms with E-state index in [0.29, 0.717) is 17.1 Å². The lowest BCUT2D eigenvalue weighted by atomic mass is 10.2. The Labute approximate surface area is 177 Å². The van der Waals surface area contributed by atoms with E-state index < -0.39 is 0 Å². The number of nitrogens with one attached hydrogen (secondary N) is 1. The number of esters is 1. The van der Waals surface area contributed by atoms with Gasteiger partial charge in [-0.05, 0) is 26.2 Å². The molecule has 0 unspecified atom stereocenters. The molecule has 7 nitrogen and oxygen atoms in total. The number of ether oxygens (including phenoxy) is 1. The SMILES string of the molecule is CN(C)CCC(=O)OCNc1oc(-c2cc(Cl)cc(Cl)c2Cl)nc1C#N.Cl. The predicted octanol–water partition coefficient (Wildman–Crippen LogP) is 4.46. The van der Waals surface area contributed by atoms with Gasteiger partial charge < -0.3 is 19.4 Å². The Morgan fingerprint density at radius 2 is 2.07 bits per heavy atom. The summed E-state index contributed by atoms with van der Waals surface area (Å²) in [5, 5.41) is 12.7. The minimum Gasteiger partial charge on any atom is -0.444 e. The molecule has 0 spiro atoms. The molecule has 0 bridgehead atoms. The smallest absolute Gasteiger partial charge is 0.308 e. The van der Waals surface area contributed by atoms with Crippen LogP contribution in [0.3, 0.4) is 0 Å². The maximum absolute atomic E-state index is 11.6. The Balaban J connectivity index is 0.00000364. The van der Waals surface area contributed by atoms with E-state index >= 15 is 0 Å². The molecule has 27 heavy (non-hydrogen) atoms. The van der Waals surface area contributed by atoms with Crippen LogP contribution in [0.25, 0.3) is 11.5 Å². The molecule has 1 aromatic carbocycles. The zero-order valence-corrected chi connectivity index (χ0v) is 17.5. The van der Waals surface area contributed by atoms with Crippen LogP contribution in [0.1, 0.15) is 12.1 Å². The summed E-state index contributed by atoms with van der Waals surface area (Å²) in [7, 11) is 3.71.